The van der Waals surface area contributed by atoms with Crippen LogP contribution in [-0.2, 0) is 24.2 Å². The minimum atomic E-state index is -0.399. The number of hydrogen-bond donors (Lipinski definition) is 0. The van der Waals surface area contributed by atoms with Crippen molar-refractivity contribution >= 4 is 5.97 Å². The quantitative estimate of drug-likeness (QED) is 0.464. The fraction of sp³-hybridized carbons (Fsp3) is 0.182. The van der Waals surface area contributed by atoms with E-state index in [1.807, 2.05) is 0 Å². The minimum absolute atomic E-state index is 0. The van der Waals surface area contributed by atoms with Gasteiger partial charge in [0.2, 0.25) is 0 Å². The molecular formula is C11H14O3Zn. The number of ether oxygens (including phenoxy) is 2. The number of carbonyl (C=O) groups excluding carboxylic acids is 1. The van der Waals surface area contributed by atoms with Crippen molar-refractivity contribution in [3.8, 4) is 5.75 Å². The van der Waals surface area contributed by atoms with Gasteiger partial charge in [-0.25, -0.2) is 0 Å². The van der Waals surface area contributed by atoms with E-state index in [1.165, 1.54) is 14.2 Å². The van der Waals surface area contributed by atoms with E-state index in [9.17, 15) is 4.79 Å². The monoisotopic (exact) mass is 258 g/mol. The Bertz CT molecular complexity index is 324. The summed E-state index contributed by atoms with van der Waals surface area (Å²) in [5.74, 6) is 0.187. The molecule has 0 spiro atoms. The van der Waals surface area contributed by atoms with Crippen molar-refractivity contribution in [3.63, 3.8) is 0 Å². The maximum atomic E-state index is 11.2. The van der Waals surface area contributed by atoms with E-state index in [-0.39, 0.29) is 26.9 Å². The molecule has 0 unspecified atom stereocenters. The molecule has 15 heavy (non-hydrogen) atoms. The first kappa shape index (κ1) is 16.4. The normalized spacial score (nSPS) is 8.13. The van der Waals surface area contributed by atoms with Crippen molar-refractivity contribution in [1.29, 1.82) is 0 Å². The van der Waals surface area contributed by atoms with Gasteiger partial charge in [-0.1, -0.05) is 12.1 Å². The van der Waals surface area contributed by atoms with E-state index >= 15 is 0 Å². The Balaban J connectivity index is 0. The van der Waals surface area contributed by atoms with Gasteiger partial charge in [-0.15, -0.1) is 11.6 Å². The molecule has 4 heteroatoms. The van der Waals surface area contributed by atoms with Crippen LogP contribution < -0.4 is 4.74 Å². The number of methoxy groups -OCH3 is 2. The largest absolute Gasteiger partial charge is 2.00 e. The van der Waals surface area contributed by atoms with Crippen molar-refractivity contribution in [1.82, 2.24) is 0 Å². The summed E-state index contributed by atoms with van der Waals surface area (Å²) in [5.41, 5.74) is 0.985. The smallest absolute Gasteiger partial charge is 0.554 e. The first-order valence-corrected chi connectivity index (χ1v) is 3.78. The molecule has 0 atom stereocenters. The van der Waals surface area contributed by atoms with Crippen LogP contribution >= 0.6 is 0 Å². The molecule has 0 bridgehead atoms. The van der Waals surface area contributed by atoms with Crippen molar-refractivity contribution in [2.24, 2.45) is 0 Å². The average molecular weight is 260 g/mol. The Morgan fingerprint density at radius 3 is 2.40 bits per heavy atom. The van der Waals surface area contributed by atoms with Gasteiger partial charge in [0, 0.05) is 5.75 Å². The third-order valence-corrected chi connectivity index (χ3v) is 1.76. The molecular weight excluding hydrogens is 246 g/mol. The summed E-state index contributed by atoms with van der Waals surface area (Å²) in [4.78, 5) is 11.2. The van der Waals surface area contributed by atoms with Crippen LogP contribution in [0.25, 0.3) is 0 Å². The topological polar surface area (TPSA) is 35.5 Å². The van der Waals surface area contributed by atoms with Gasteiger partial charge < -0.3 is 16.9 Å². The molecule has 1 aromatic rings. The summed E-state index contributed by atoms with van der Waals surface area (Å²) in [6.07, 6.45) is 0. The maximum absolute atomic E-state index is 11.2. The summed E-state index contributed by atoms with van der Waals surface area (Å²) in [6, 6.07) is 5.12. The number of esters is 1. The predicted molar refractivity (Wildman–Crippen MR) is 55.2 cm³/mol. The molecule has 3 nitrogen and oxygen atoms in total. The van der Waals surface area contributed by atoms with Gasteiger partial charge in [0.15, 0.2) is 0 Å². The van der Waals surface area contributed by atoms with Crippen molar-refractivity contribution in [2.45, 2.75) is 0 Å². The SMILES string of the molecule is [CH2-]c1c(OC)cccc1C(=O)OC.[CH3-].[Zn+2]. The Labute approximate surface area is 104 Å². The summed E-state index contributed by atoms with van der Waals surface area (Å²) in [6.45, 7) is 3.73. The third-order valence-electron chi connectivity index (χ3n) is 1.76. The van der Waals surface area contributed by atoms with Crippen LogP contribution in [-0.4, -0.2) is 20.2 Å². The Kier molecular flexibility index (Phi) is 7.99. The first-order chi connectivity index (χ1) is 6.20. The summed E-state index contributed by atoms with van der Waals surface area (Å²) in [5, 5.41) is 0. The second kappa shape index (κ2) is 7.30. The zero-order valence-electron chi connectivity index (χ0n) is 9.37. The van der Waals surface area contributed by atoms with E-state index in [1.54, 1.807) is 18.2 Å². The second-order valence-electron chi connectivity index (χ2n) is 2.48. The van der Waals surface area contributed by atoms with Gasteiger partial charge in [0.05, 0.1) is 14.2 Å². The predicted octanol–water partition coefficient (Wildman–Crippen LogP) is 2.11. The van der Waals surface area contributed by atoms with E-state index in [2.05, 4.69) is 11.7 Å². The van der Waals surface area contributed by atoms with Gasteiger partial charge in [0.1, 0.15) is 0 Å². The van der Waals surface area contributed by atoms with E-state index in [0.717, 1.165) is 0 Å². The first-order valence-electron chi connectivity index (χ1n) is 3.78. The molecule has 0 radical (unpaired) electrons. The van der Waals surface area contributed by atoms with E-state index in [4.69, 9.17) is 4.74 Å². The summed E-state index contributed by atoms with van der Waals surface area (Å²) < 4.78 is 9.59. The zero-order valence-corrected chi connectivity index (χ0v) is 12.3. The fourth-order valence-electron chi connectivity index (χ4n) is 1.06. The van der Waals surface area contributed by atoms with Crippen molar-refractivity contribution < 1.29 is 33.7 Å². The van der Waals surface area contributed by atoms with Crippen LogP contribution in [0.3, 0.4) is 0 Å². The summed E-state index contributed by atoms with van der Waals surface area (Å²) >= 11 is 0. The number of benzene rings is 1. The Morgan fingerprint density at radius 2 is 1.93 bits per heavy atom. The van der Waals surface area contributed by atoms with Crippen LogP contribution in [0.15, 0.2) is 18.2 Å². The minimum Gasteiger partial charge on any atom is -0.554 e. The number of rotatable bonds is 2. The zero-order chi connectivity index (χ0) is 9.84. The van der Waals surface area contributed by atoms with E-state index in [0.29, 0.717) is 16.9 Å². The second-order valence-corrected chi connectivity index (χ2v) is 2.48. The molecule has 0 amide bonds. The van der Waals surface area contributed by atoms with Crippen molar-refractivity contribution in [3.05, 3.63) is 43.7 Å². The van der Waals surface area contributed by atoms with Gasteiger partial charge in [-0.05, 0) is 5.56 Å². The van der Waals surface area contributed by atoms with Gasteiger partial charge in [0.25, 0.3) is 5.97 Å². The van der Waals surface area contributed by atoms with Gasteiger partial charge in [-0.2, -0.15) is 6.92 Å². The van der Waals surface area contributed by atoms with Crippen LogP contribution in [0.4, 0.5) is 0 Å². The van der Waals surface area contributed by atoms with Crippen LogP contribution in [0.5, 0.6) is 5.75 Å². The molecule has 0 heterocycles. The van der Waals surface area contributed by atoms with Gasteiger partial charge in [-0.3, -0.25) is 4.79 Å². The van der Waals surface area contributed by atoms with Crippen molar-refractivity contribution in [2.75, 3.05) is 14.2 Å². The average Bonchev–Trinajstić information content (AvgIpc) is 2.17. The standard InChI is InChI=1S/C10H11O3.CH3.Zn/c1-7-8(10(11)13-3)5-4-6-9(7)12-2;;/h4-6H,1H2,2-3H3;1H3;/q2*-1;+2. The Morgan fingerprint density at radius 1 is 1.33 bits per heavy atom. The molecule has 78 valence electrons. The fourth-order valence-corrected chi connectivity index (χ4v) is 1.06. The van der Waals surface area contributed by atoms with Crippen LogP contribution in [0.2, 0.25) is 0 Å². The van der Waals surface area contributed by atoms with Crippen LogP contribution in [0.1, 0.15) is 15.9 Å². The molecule has 1 rings (SSSR count). The van der Waals surface area contributed by atoms with Gasteiger partial charge >= 0.3 is 19.5 Å². The molecule has 0 aliphatic carbocycles. The summed E-state index contributed by atoms with van der Waals surface area (Å²) in [7, 11) is 2.87. The number of carbonyl (C=O) groups is 1. The molecule has 0 fully saturated rings. The van der Waals surface area contributed by atoms with E-state index < -0.39 is 5.97 Å². The maximum Gasteiger partial charge on any atom is 2.00 e. The molecule has 0 N–H and O–H groups in total. The third kappa shape index (κ3) is 3.56. The molecule has 1 aromatic carbocycles. The molecule has 0 aliphatic rings. The molecule has 0 aliphatic heterocycles. The molecule has 0 aromatic heterocycles. The number of hydrogen-bond acceptors (Lipinski definition) is 3. The molecule has 0 saturated carbocycles. The van der Waals surface area contributed by atoms with Crippen LogP contribution in [0, 0.1) is 14.4 Å². The Hall–Kier alpha value is -1.02. The molecule has 0 saturated heterocycles.